The summed E-state index contributed by atoms with van der Waals surface area (Å²) >= 11 is 0. The maximum absolute atomic E-state index is 13.8. The zero-order chi connectivity index (χ0) is 25.4. The topological polar surface area (TPSA) is 52.6 Å². The summed E-state index contributed by atoms with van der Waals surface area (Å²) in [7, 11) is 0. The van der Waals surface area contributed by atoms with Gasteiger partial charge in [0, 0.05) is 11.6 Å². The number of ether oxygens (including phenoxy) is 2. The molecule has 0 atom stereocenters. The predicted molar refractivity (Wildman–Crippen MR) is 127 cm³/mol. The molecule has 1 rings (SSSR count). The molecule has 0 amide bonds. The van der Waals surface area contributed by atoms with Crippen LogP contribution >= 0.6 is 0 Å². The van der Waals surface area contributed by atoms with E-state index in [4.69, 9.17) is 9.47 Å². The van der Waals surface area contributed by atoms with Gasteiger partial charge in [0.15, 0.2) is 17.0 Å². The lowest BCUT2D eigenvalue weighted by atomic mass is 9.82. The summed E-state index contributed by atoms with van der Waals surface area (Å²) in [5, 5.41) is 0. The van der Waals surface area contributed by atoms with E-state index in [0.29, 0.717) is 12.1 Å². The van der Waals surface area contributed by atoms with Crippen LogP contribution in [0.25, 0.3) is 0 Å². The van der Waals surface area contributed by atoms with Crippen LogP contribution in [0.4, 0.5) is 13.2 Å². The fourth-order valence-electron chi connectivity index (χ4n) is 3.94. The highest BCUT2D eigenvalue weighted by molar-refractivity contribution is 5.99. The lowest BCUT2D eigenvalue weighted by Gasteiger charge is -2.27. The molecule has 0 aliphatic heterocycles. The van der Waals surface area contributed by atoms with Crippen molar-refractivity contribution in [3.63, 3.8) is 0 Å². The first-order chi connectivity index (χ1) is 16.3. The van der Waals surface area contributed by atoms with E-state index in [0.717, 1.165) is 19.3 Å². The molecule has 1 aromatic rings. The Balaban J connectivity index is 2.39. The normalized spacial score (nSPS) is 11.5. The second kappa shape index (κ2) is 16.6. The van der Waals surface area contributed by atoms with E-state index in [1.165, 1.54) is 51.4 Å². The Labute approximate surface area is 202 Å². The Morgan fingerprint density at radius 2 is 1.15 bits per heavy atom. The molecular weight excluding hydrogens is 445 g/mol. The second-order valence-electron chi connectivity index (χ2n) is 8.89. The van der Waals surface area contributed by atoms with Crippen LogP contribution in [0.2, 0.25) is 0 Å². The van der Waals surface area contributed by atoms with Crippen LogP contribution in [0.3, 0.4) is 0 Å². The van der Waals surface area contributed by atoms with E-state index in [1.807, 2.05) is 0 Å². The Morgan fingerprint density at radius 1 is 0.676 bits per heavy atom. The minimum atomic E-state index is -1.51. The monoisotopic (exact) mass is 486 g/mol. The van der Waals surface area contributed by atoms with Crippen LogP contribution in [-0.2, 0) is 25.7 Å². The zero-order valence-corrected chi connectivity index (χ0v) is 21.0. The van der Waals surface area contributed by atoms with Crippen molar-refractivity contribution in [2.24, 2.45) is 5.41 Å². The second-order valence-corrected chi connectivity index (χ2v) is 8.89. The molecule has 0 saturated heterocycles. The maximum Gasteiger partial charge on any atom is 0.323 e. The first kappa shape index (κ1) is 30.0. The highest BCUT2D eigenvalue weighted by Crippen LogP contribution is 2.31. The minimum Gasteiger partial charge on any atom is -0.465 e. The van der Waals surface area contributed by atoms with Gasteiger partial charge < -0.3 is 9.47 Å². The fraction of sp³-hybridized carbons (Fsp3) is 0.704. The van der Waals surface area contributed by atoms with Crippen molar-refractivity contribution in [1.82, 2.24) is 0 Å². The molecule has 1 aromatic carbocycles. The highest BCUT2D eigenvalue weighted by atomic mass is 19.2. The number of esters is 2. The number of carbonyl (C=O) groups is 2. The summed E-state index contributed by atoms with van der Waals surface area (Å²) in [5.74, 6) is -5.11. The Hall–Kier alpha value is -2.05. The molecule has 0 radical (unpaired) electrons. The Bertz CT molecular complexity index is 748. The average Bonchev–Trinajstić information content (AvgIpc) is 2.82. The smallest absolute Gasteiger partial charge is 0.323 e. The van der Waals surface area contributed by atoms with Gasteiger partial charge in [-0.25, -0.2) is 13.2 Å². The van der Waals surface area contributed by atoms with E-state index < -0.39 is 41.4 Å². The highest BCUT2D eigenvalue weighted by Gasteiger charge is 2.46. The first-order valence-electron chi connectivity index (χ1n) is 12.8. The fourth-order valence-corrected chi connectivity index (χ4v) is 3.94. The predicted octanol–water partition coefficient (Wildman–Crippen LogP) is 7.81. The number of hydrogen-bond acceptors (Lipinski definition) is 4. The van der Waals surface area contributed by atoms with Crippen molar-refractivity contribution < 1.29 is 32.2 Å². The van der Waals surface area contributed by atoms with Crippen molar-refractivity contribution >= 4 is 11.9 Å². The Morgan fingerprint density at radius 3 is 1.68 bits per heavy atom. The number of benzene rings is 1. The average molecular weight is 487 g/mol. The molecule has 0 spiro atoms. The largest absolute Gasteiger partial charge is 0.465 e. The number of carbonyl (C=O) groups excluding carboxylic acids is 2. The van der Waals surface area contributed by atoms with Gasteiger partial charge in [-0.3, -0.25) is 9.59 Å². The number of hydrogen-bond donors (Lipinski definition) is 0. The standard InChI is InChI=1S/C27H41F3O4/c1-4-7-8-9-10-11-12-13-14-15-16-17-33-25(31)27(5-2,6-3)26(32)34-20-21-18-23(29)24(30)19-22(21)28/h18-19H,4-17,20H2,1-3H3. The third-order valence-electron chi connectivity index (χ3n) is 6.42. The van der Waals surface area contributed by atoms with Gasteiger partial charge in [-0.15, -0.1) is 0 Å². The third kappa shape index (κ3) is 9.67. The van der Waals surface area contributed by atoms with Crippen LogP contribution in [0.1, 0.15) is 110 Å². The van der Waals surface area contributed by atoms with Gasteiger partial charge in [0.05, 0.1) is 6.61 Å². The van der Waals surface area contributed by atoms with E-state index >= 15 is 0 Å². The van der Waals surface area contributed by atoms with Crippen molar-refractivity contribution in [3.05, 3.63) is 35.1 Å². The van der Waals surface area contributed by atoms with Crippen molar-refractivity contribution in [3.8, 4) is 0 Å². The van der Waals surface area contributed by atoms with Gasteiger partial charge in [-0.1, -0.05) is 85.0 Å². The Kier molecular flexibility index (Phi) is 14.6. The maximum atomic E-state index is 13.8. The van der Waals surface area contributed by atoms with E-state index in [2.05, 4.69) is 6.92 Å². The van der Waals surface area contributed by atoms with E-state index in [1.54, 1.807) is 13.8 Å². The van der Waals surface area contributed by atoms with Gasteiger partial charge in [0.2, 0.25) is 0 Å². The van der Waals surface area contributed by atoms with Gasteiger partial charge in [0.1, 0.15) is 12.4 Å². The molecule has 0 heterocycles. The van der Waals surface area contributed by atoms with E-state index in [-0.39, 0.29) is 25.0 Å². The van der Waals surface area contributed by atoms with Crippen molar-refractivity contribution in [2.75, 3.05) is 6.61 Å². The van der Waals surface area contributed by atoms with Crippen LogP contribution in [0.15, 0.2) is 12.1 Å². The van der Waals surface area contributed by atoms with Crippen LogP contribution < -0.4 is 0 Å². The van der Waals surface area contributed by atoms with Crippen molar-refractivity contribution in [1.29, 1.82) is 0 Å². The summed E-state index contributed by atoms with van der Waals surface area (Å²) in [4.78, 5) is 25.4. The van der Waals surface area contributed by atoms with Gasteiger partial charge in [-0.2, -0.15) is 0 Å². The minimum absolute atomic E-state index is 0.152. The van der Waals surface area contributed by atoms with E-state index in [9.17, 15) is 22.8 Å². The summed E-state index contributed by atoms with van der Waals surface area (Å²) in [6, 6.07) is 1.04. The van der Waals surface area contributed by atoms with Crippen LogP contribution in [0, 0.1) is 22.9 Å². The number of halogens is 3. The third-order valence-corrected chi connectivity index (χ3v) is 6.42. The quantitative estimate of drug-likeness (QED) is 0.0919. The lowest BCUT2D eigenvalue weighted by Crippen LogP contribution is -2.41. The molecule has 194 valence electrons. The molecule has 7 heteroatoms. The zero-order valence-electron chi connectivity index (χ0n) is 21.0. The van der Waals surface area contributed by atoms with Gasteiger partial charge in [-0.05, 0) is 25.3 Å². The molecule has 0 bridgehead atoms. The SMILES string of the molecule is CCCCCCCCCCCCCOC(=O)C(CC)(CC)C(=O)OCc1cc(F)c(F)cc1F. The molecule has 0 saturated carbocycles. The van der Waals surface area contributed by atoms with Crippen LogP contribution in [0.5, 0.6) is 0 Å². The molecule has 4 nitrogen and oxygen atoms in total. The molecule has 0 aliphatic rings. The summed E-state index contributed by atoms with van der Waals surface area (Å²) in [5.41, 5.74) is -1.81. The van der Waals surface area contributed by atoms with Gasteiger partial charge >= 0.3 is 11.9 Å². The molecule has 0 aliphatic carbocycles. The summed E-state index contributed by atoms with van der Waals surface area (Å²) < 4.78 is 50.8. The molecule has 34 heavy (non-hydrogen) atoms. The van der Waals surface area contributed by atoms with Crippen LogP contribution in [-0.4, -0.2) is 18.5 Å². The van der Waals surface area contributed by atoms with Crippen molar-refractivity contribution in [2.45, 2.75) is 111 Å². The summed E-state index contributed by atoms with van der Waals surface area (Å²) in [6.07, 6.45) is 13.3. The lowest BCUT2D eigenvalue weighted by molar-refractivity contribution is -0.174. The molecule has 0 fully saturated rings. The first-order valence-corrected chi connectivity index (χ1v) is 12.8. The molecule has 0 N–H and O–H groups in total. The molecular formula is C27H41F3O4. The number of unbranched alkanes of at least 4 members (excludes halogenated alkanes) is 10. The summed E-state index contributed by atoms with van der Waals surface area (Å²) in [6.45, 7) is 5.19. The van der Waals surface area contributed by atoms with Gasteiger partial charge in [0.25, 0.3) is 0 Å². The molecule has 0 aromatic heterocycles. The molecule has 0 unspecified atom stereocenters. The number of rotatable bonds is 18.